The Balaban J connectivity index is 2.02. The van der Waals surface area contributed by atoms with Gasteiger partial charge in [0.2, 0.25) is 0 Å². The maximum absolute atomic E-state index is 11.1. The fourth-order valence-corrected chi connectivity index (χ4v) is 2.87. The summed E-state index contributed by atoms with van der Waals surface area (Å²) in [5.41, 5.74) is 1.05. The number of carbonyl (C=O) groups is 1. The number of aldehydes is 1. The third-order valence-corrected chi connectivity index (χ3v) is 4.04. The Morgan fingerprint density at radius 1 is 1.24 bits per heavy atom. The van der Waals surface area contributed by atoms with Crippen molar-refractivity contribution in [2.75, 3.05) is 18.0 Å². The molecule has 2 aromatic rings. The fraction of sp³-hybridized carbons (Fsp3) is 0.333. The van der Waals surface area contributed by atoms with Gasteiger partial charge in [-0.1, -0.05) is 0 Å². The highest BCUT2D eigenvalue weighted by Crippen LogP contribution is 2.34. The number of aromatic nitrogens is 1. The van der Waals surface area contributed by atoms with Crippen LogP contribution >= 0.6 is 0 Å². The van der Waals surface area contributed by atoms with Crippen LogP contribution in [0.5, 0.6) is 0 Å². The maximum Gasteiger partial charge on any atom is 0.278 e. The molecule has 0 spiro atoms. The van der Waals surface area contributed by atoms with Crippen LogP contribution in [0.2, 0.25) is 0 Å². The zero-order valence-electron chi connectivity index (χ0n) is 11.4. The number of nitrogens with zero attached hydrogens (tertiary/aromatic N) is 3. The second-order valence-electron chi connectivity index (χ2n) is 5.24. The number of benzene rings is 1. The molecule has 6 nitrogen and oxygen atoms in total. The van der Waals surface area contributed by atoms with Gasteiger partial charge < -0.3 is 9.69 Å². The number of hydrogen-bond acceptors (Lipinski definition) is 5. The average Bonchev–Trinajstić information content (AvgIpc) is 2.54. The van der Waals surface area contributed by atoms with Gasteiger partial charge in [0, 0.05) is 48.5 Å². The van der Waals surface area contributed by atoms with Crippen LogP contribution in [0.4, 0.5) is 11.4 Å². The summed E-state index contributed by atoms with van der Waals surface area (Å²) in [4.78, 5) is 27.7. The summed E-state index contributed by atoms with van der Waals surface area (Å²) in [6.07, 6.45) is 5.86. The highest BCUT2D eigenvalue weighted by molar-refractivity contribution is 5.99. The van der Waals surface area contributed by atoms with Crippen molar-refractivity contribution in [1.29, 1.82) is 0 Å². The third kappa shape index (κ3) is 2.44. The van der Waals surface area contributed by atoms with Crippen molar-refractivity contribution < 1.29 is 9.72 Å². The number of carbonyl (C=O) groups excluding carboxylic acids is 1. The monoisotopic (exact) mass is 285 g/mol. The molecule has 1 saturated heterocycles. The van der Waals surface area contributed by atoms with E-state index in [1.54, 1.807) is 12.3 Å². The molecule has 0 amide bonds. The van der Waals surface area contributed by atoms with Crippen molar-refractivity contribution in [3.63, 3.8) is 0 Å². The number of anilines is 1. The van der Waals surface area contributed by atoms with Crippen LogP contribution in [0.1, 0.15) is 12.8 Å². The molecule has 0 aliphatic carbocycles. The van der Waals surface area contributed by atoms with Crippen molar-refractivity contribution in [2.45, 2.75) is 12.8 Å². The van der Waals surface area contributed by atoms with Crippen LogP contribution < -0.4 is 4.90 Å². The lowest BCUT2D eigenvalue weighted by atomic mass is 9.97. The first-order valence-corrected chi connectivity index (χ1v) is 6.92. The summed E-state index contributed by atoms with van der Waals surface area (Å²) >= 11 is 0. The molecule has 21 heavy (non-hydrogen) atoms. The van der Waals surface area contributed by atoms with E-state index in [1.807, 2.05) is 6.07 Å². The van der Waals surface area contributed by atoms with Crippen molar-refractivity contribution in [2.24, 2.45) is 5.92 Å². The minimum absolute atomic E-state index is 0.0737. The van der Waals surface area contributed by atoms with Crippen molar-refractivity contribution in [3.05, 3.63) is 40.7 Å². The Morgan fingerprint density at radius 3 is 2.67 bits per heavy atom. The Kier molecular flexibility index (Phi) is 3.51. The van der Waals surface area contributed by atoms with Crippen molar-refractivity contribution >= 4 is 28.4 Å². The number of piperidine rings is 1. The van der Waals surface area contributed by atoms with Gasteiger partial charge in [-0.15, -0.1) is 0 Å². The van der Waals surface area contributed by atoms with Crippen LogP contribution in [-0.2, 0) is 4.79 Å². The van der Waals surface area contributed by atoms with Crippen LogP contribution in [0, 0.1) is 16.0 Å². The molecule has 6 heteroatoms. The number of nitro groups is 1. The molecular weight excluding hydrogens is 270 g/mol. The zero-order valence-corrected chi connectivity index (χ0v) is 11.4. The van der Waals surface area contributed by atoms with E-state index in [0.29, 0.717) is 5.39 Å². The van der Waals surface area contributed by atoms with E-state index in [1.165, 1.54) is 12.3 Å². The number of pyridine rings is 1. The van der Waals surface area contributed by atoms with E-state index in [2.05, 4.69) is 9.88 Å². The van der Waals surface area contributed by atoms with Crippen LogP contribution in [0.15, 0.2) is 30.6 Å². The lowest BCUT2D eigenvalue weighted by Crippen LogP contribution is -2.34. The van der Waals surface area contributed by atoms with Crippen LogP contribution in [0.25, 0.3) is 10.8 Å². The second-order valence-corrected chi connectivity index (χ2v) is 5.24. The Labute approximate surface area is 121 Å². The van der Waals surface area contributed by atoms with Gasteiger partial charge in [-0.25, -0.2) is 0 Å². The molecule has 3 rings (SSSR count). The first-order valence-electron chi connectivity index (χ1n) is 6.92. The Hall–Kier alpha value is -2.50. The fourth-order valence-electron chi connectivity index (χ4n) is 2.87. The molecule has 108 valence electrons. The van der Waals surface area contributed by atoms with Crippen molar-refractivity contribution in [1.82, 2.24) is 4.98 Å². The lowest BCUT2D eigenvalue weighted by molar-refractivity contribution is -0.383. The molecule has 1 aliphatic rings. The first-order chi connectivity index (χ1) is 10.2. The molecule has 1 aromatic heterocycles. The molecule has 0 bridgehead atoms. The largest absolute Gasteiger partial charge is 0.371 e. The minimum Gasteiger partial charge on any atom is -0.371 e. The molecule has 0 N–H and O–H groups in total. The predicted molar refractivity (Wildman–Crippen MR) is 79.4 cm³/mol. The third-order valence-electron chi connectivity index (χ3n) is 4.04. The molecule has 2 heterocycles. The Bertz CT molecular complexity index is 694. The van der Waals surface area contributed by atoms with Gasteiger partial charge in [-0.05, 0) is 25.0 Å². The topological polar surface area (TPSA) is 76.3 Å². The molecule has 1 fully saturated rings. The van der Waals surface area contributed by atoms with Gasteiger partial charge in [-0.3, -0.25) is 15.1 Å². The molecule has 0 radical (unpaired) electrons. The summed E-state index contributed by atoms with van der Waals surface area (Å²) in [5, 5.41) is 12.5. The molecule has 0 unspecified atom stereocenters. The SMILES string of the molecule is O=CC1CCN(c2ccc([N+](=O)[O-])c3cnccc23)CC1. The first kappa shape index (κ1) is 13.5. The van der Waals surface area contributed by atoms with Crippen molar-refractivity contribution in [3.8, 4) is 0 Å². The average molecular weight is 285 g/mol. The van der Waals surface area contributed by atoms with Gasteiger partial charge in [0.15, 0.2) is 0 Å². The highest BCUT2D eigenvalue weighted by atomic mass is 16.6. The van der Waals surface area contributed by atoms with E-state index < -0.39 is 0 Å². The van der Waals surface area contributed by atoms with Crippen LogP contribution in [-0.4, -0.2) is 29.3 Å². The standard InChI is InChI=1S/C15H15N3O3/c19-10-11-4-7-17(8-5-11)14-1-2-15(18(20)21)13-9-16-6-3-12(13)14/h1-3,6,9-11H,4-5,7-8H2. The van der Waals surface area contributed by atoms with Gasteiger partial charge in [-0.2, -0.15) is 0 Å². The molecule has 0 atom stereocenters. The minimum atomic E-state index is -0.383. The van der Waals surface area contributed by atoms with E-state index >= 15 is 0 Å². The number of rotatable bonds is 3. The van der Waals surface area contributed by atoms with E-state index in [9.17, 15) is 14.9 Å². The van der Waals surface area contributed by atoms with Crippen LogP contribution in [0.3, 0.4) is 0 Å². The van der Waals surface area contributed by atoms with Gasteiger partial charge in [0.05, 0.1) is 10.3 Å². The van der Waals surface area contributed by atoms with Gasteiger partial charge in [0.1, 0.15) is 6.29 Å². The van der Waals surface area contributed by atoms with E-state index in [-0.39, 0.29) is 16.5 Å². The lowest BCUT2D eigenvalue weighted by Gasteiger charge is -2.32. The summed E-state index contributed by atoms with van der Waals surface area (Å²) in [6, 6.07) is 5.14. The number of nitro benzene ring substituents is 1. The normalized spacial score (nSPS) is 16.1. The molecule has 1 aliphatic heterocycles. The molecule has 0 saturated carbocycles. The predicted octanol–water partition coefficient (Wildman–Crippen LogP) is 2.56. The Morgan fingerprint density at radius 2 is 2.00 bits per heavy atom. The summed E-state index contributed by atoms with van der Waals surface area (Å²) < 4.78 is 0. The summed E-state index contributed by atoms with van der Waals surface area (Å²) in [6.45, 7) is 1.58. The molecular formula is C15H15N3O3. The number of fused-ring (bicyclic) bond motifs is 1. The highest BCUT2D eigenvalue weighted by Gasteiger charge is 2.22. The smallest absolute Gasteiger partial charge is 0.278 e. The van der Waals surface area contributed by atoms with Gasteiger partial charge in [0.25, 0.3) is 5.69 Å². The second kappa shape index (κ2) is 5.47. The van der Waals surface area contributed by atoms with E-state index in [0.717, 1.165) is 43.3 Å². The quantitative estimate of drug-likeness (QED) is 0.492. The molecule has 1 aromatic carbocycles. The maximum atomic E-state index is 11.1. The van der Waals surface area contributed by atoms with Gasteiger partial charge >= 0.3 is 0 Å². The summed E-state index contributed by atoms with van der Waals surface area (Å²) in [5.74, 6) is 0.132. The zero-order chi connectivity index (χ0) is 14.8. The number of non-ortho nitro benzene ring substituents is 1. The summed E-state index contributed by atoms with van der Waals surface area (Å²) in [7, 11) is 0. The van der Waals surface area contributed by atoms with E-state index in [4.69, 9.17) is 0 Å². The number of hydrogen-bond donors (Lipinski definition) is 0.